The number of hydrogen-bond donors (Lipinski definition) is 3. The first-order valence-corrected chi connectivity index (χ1v) is 12.0. The summed E-state index contributed by atoms with van der Waals surface area (Å²) >= 11 is 0. The van der Waals surface area contributed by atoms with Gasteiger partial charge in [0.1, 0.15) is 0 Å². The van der Waals surface area contributed by atoms with Crippen LogP contribution < -0.4 is 21.0 Å². The Balaban J connectivity index is 1.93. The summed E-state index contributed by atoms with van der Waals surface area (Å²) in [6.07, 6.45) is 0.597. The largest absolute Gasteiger partial charge is 0.287 e. The molecule has 164 valence electrons. The van der Waals surface area contributed by atoms with E-state index in [1.165, 1.54) is 12.1 Å². The molecule has 13 heteroatoms. The molecule has 0 aliphatic carbocycles. The number of primary sulfonamides is 1. The van der Waals surface area contributed by atoms with E-state index in [4.69, 9.17) is 5.14 Å². The minimum Gasteiger partial charge on any atom is -0.272 e. The lowest BCUT2D eigenvalue weighted by Gasteiger charge is -2.12. The summed E-state index contributed by atoms with van der Waals surface area (Å²) in [4.78, 5) is 26.3. The van der Waals surface area contributed by atoms with E-state index in [2.05, 4.69) is 5.10 Å². The molecule has 4 N–H and O–H groups in total. The van der Waals surface area contributed by atoms with Crippen LogP contribution in [0.2, 0.25) is 0 Å². The SMILES string of the molecule is CCCn1nc(C(=O)NNS(=O)(=O)c2cccc(S(N)(=O)=O)c2)c2ccccc2c1=O. The Morgan fingerprint density at radius 2 is 1.68 bits per heavy atom. The number of amides is 1. The molecule has 0 fully saturated rings. The third kappa shape index (κ3) is 4.80. The number of nitrogens with two attached hydrogens (primary N) is 1. The summed E-state index contributed by atoms with van der Waals surface area (Å²) in [7, 11) is -8.45. The number of nitrogens with zero attached hydrogens (tertiary/aromatic N) is 2. The molecule has 0 saturated heterocycles. The van der Waals surface area contributed by atoms with E-state index in [1.54, 1.807) is 18.2 Å². The number of benzene rings is 2. The van der Waals surface area contributed by atoms with Crippen molar-refractivity contribution < 1.29 is 21.6 Å². The molecule has 31 heavy (non-hydrogen) atoms. The highest BCUT2D eigenvalue weighted by Gasteiger charge is 2.21. The maximum atomic E-state index is 12.7. The Labute approximate surface area is 178 Å². The molecule has 1 amide bonds. The highest BCUT2D eigenvalue weighted by atomic mass is 32.2. The number of carbonyl (C=O) groups excluding carboxylic acids is 1. The molecule has 0 aliphatic heterocycles. The first-order valence-electron chi connectivity index (χ1n) is 8.99. The molecule has 2 aromatic carbocycles. The van der Waals surface area contributed by atoms with E-state index in [-0.39, 0.29) is 28.6 Å². The van der Waals surface area contributed by atoms with Gasteiger partial charge < -0.3 is 0 Å². The minimum absolute atomic E-state index is 0.148. The Morgan fingerprint density at radius 3 is 2.32 bits per heavy atom. The second-order valence-electron chi connectivity index (χ2n) is 6.50. The van der Waals surface area contributed by atoms with Crippen molar-refractivity contribution >= 4 is 36.7 Å². The van der Waals surface area contributed by atoms with E-state index in [0.717, 1.165) is 22.9 Å². The predicted molar refractivity (Wildman–Crippen MR) is 112 cm³/mol. The number of aromatic nitrogens is 2. The highest BCUT2D eigenvalue weighted by molar-refractivity contribution is 7.90. The van der Waals surface area contributed by atoms with Crippen molar-refractivity contribution in [2.75, 3.05) is 0 Å². The number of sulfonamides is 2. The molecule has 0 saturated carbocycles. The van der Waals surface area contributed by atoms with Crippen LogP contribution >= 0.6 is 0 Å². The fourth-order valence-corrected chi connectivity index (χ4v) is 4.34. The van der Waals surface area contributed by atoms with Crippen LogP contribution in [0.15, 0.2) is 63.1 Å². The summed E-state index contributed by atoms with van der Waals surface area (Å²) < 4.78 is 49.0. The molecule has 0 radical (unpaired) electrons. The zero-order chi connectivity index (χ0) is 22.8. The molecule has 0 bridgehead atoms. The molecule has 0 aliphatic rings. The van der Waals surface area contributed by atoms with Gasteiger partial charge in [0.15, 0.2) is 5.69 Å². The van der Waals surface area contributed by atoms with Crippen molar-refractivity contribution in [1.29, 1.82) is 0 Å². The van der Waals surface area contributed by atoms with Gasteiger partial charge in [-0.3, -0.25) is 15.0 Å². The topological polar surface area (TPSA) is 170 Å². The van der Waals surface area contributed by atoms with Gasteiger partial charge in [-0.1, -0.05) is 31.2 Å². The molecule has 3 rings (SSSR count). The standard InChI is InChI=1S/C18H19N5O6S2/c1-2-10-23-18(25)15-9-4-3-8-14(15)16(21-23)17(24)20-22-31(28,29)13-7-5-6-12(11-13)30(19,26)27/h3-9,11,22H,2,10H2,1H3,(H,20,24)(H2,19,26,27). The first-order chi connectivity index (χ1) is 14.5. The Hall–Kier alpha value is -3.13. The van der Waals surface area contributed by atoms with Crippen molar-refractivity contribution in [3.05, 3.63) is 64.6 Å². The van der Waals surface area contributed by atoms with Gasteiger partial charge >= 0.3 is 0 Å². The summed E-state index contributed by atoms with van der Waals surface area (Å²) in [6.45, 7) is 2.11. The van der Waals surface area contributed by atoms with Crippen LogP contribution in [-0.2, 0) is 26.6 Å². The highest BCUT2D eigenvalue weighted by Crippen LogP contribution is 2.15. The van der Waals surface area contributed by atoms with Crippen molar-refractivity contribution in [3.63, 3.8) is 0 Å². The van der Waals surface area contributed by atoms with Crippen molar-refractivity contribution in [3.8, 4) is 0 Å². The van der Waals surface area contributed by atoms with Gasteiger partial charge in [-0.05, 0) is 30.7 Å². The molecule has 0 spiro atoms. The Bertz CT molecular complexity index is 1430. The Morgan fingerprint density at radius 1 is 1.03 bits per heavy atom. The fourth-order valence-electron chi connectivity index (χ4n) is 2.82. The van der Waals surface area contributed by atoms with Crippen LogP contribution in [0.4, 0.5) is 0 Å². The maximum Gasteiger partial charge on any atom is 0.287 e. The summed E-state index contributed by atoms with van der Waals surface area (Å²) in [6, 6.07) is 10.7. The second-order valence-corrected chi connectivity index (χ2v) is 9.75. The molecule has 0 atom stereocenters. The number of hydrazine groups is 1. The average molecular weight is 466 g/mol. The van der Waals surface area contributed by atoms with Gasteiger partial charge in [0, 0.05) is 11.9 Å². The zero-order valence-corrected chi connectivity index (χ0v) is 17.9. The molecule has 11 nitrogen and oxygen atoms in total. The van der Waals surface area contributed by atoms with Crippen molar-refractivity contribution in [2.45, 2.75) is 29.7 Å². The molecular formula is C18H19N5O6S2. The lowest BCUT2D eigenvalue weighted by atomic mass is 10.1. The number of fused-ring (bicyclic) bond motifs is 1. The maximum absolute atomic E-state index is 12.7. The smallest absolute Gasteiger partial charge is 0.272 e. The van der Waals surface area contributed by atoms with Crippen LogP contribution in [0.1, 0.15) is 23.8 Å². The van der Waals surface area contributed by atoms with Crippen molar-refractivity contribution in [2.24, 2.45) is 5.14 Å². The summed E-state index contributed by atoms with van der Waals surface area (Å²) in [5.41, 5.74) is 1.53. The van der Waals surface area contributed by atoms with Gasteiger partial charge in [-0.25, -0.2) is 26.7 Å². The number of hydrogen-bond acceptors (Lipinski definition) is 7. The number of carbonyl (C=O) groups is 1. The van der Waals surface area contributed by atoms with Gasteiger partial charge in [0.2, 0.25) is 10.0 Å². The summed E-state index contributed by atoms with van der Waals surface area (Å²) in [5, 5.41) is 9.61. The van der Waals surface area contributed by atoms with Crippen LogP contribution in [0.5, 0.6) is 0 Å². The Kier molecular flexibility index (Phi) is 6.22. The minimum atomic E-state index is -4.33. The first kappa shape index (κ1) is 22.6. The van der Waals surface area contributed by atoms with Gasteiger partial charge in [-0.2, -0.15) is 5.10 Å². The van der Waals surface area contributed by atoms with Crippen LogP contribution in [0.3, 0.4) is 0 Å². The van der Waals surface area contributed by atoms with E-state index >= 15 is 0 Å². The van der Waals surface area contributed by atoms with Crippen LogP contribution in [0, 0.1) is 0 Å². The average Bonchev–Trinajstić information content (AvgIpc) is 2.74. The second kappa shape index (κ2) is 8.55. The van der Waals surface area contributed by atoms with Gasteiger partial charge in [0.05, 0.1) is 15.2 Å². The molecular weight excluding hydrogens is 446 g/mol. The monoisotopic (exact) mass is 465 g/mol. The van der Waals surface area contributed by atoms with Gasteiger partial charge in [0.25, 0.3) is 21.5 Å². The molecule has 1 heterocycles. The third-order valence-electron chi connectivity index (χ3n) is 4.26. The van der Waals surface area contributed by atoms with Crippen LogP contribution in [0.25, 0.3) is 10.8 Å². The number of aryl methyl sites for hydroxylation is 1. The molecule has 3 aromatic rings. The molecule has 0 unspecified atom stereocenters. The lowest BCUT2D eigenvalue weighted by molar-refractivity contribution is 0.0939. The van der Waals surface area contributed by atoms with Crippen LogP contribution in [-0.4, -0.2) is 32.5 Å². The zero-order valence-electron chi connectivity index (χ0n) is 16.3. The molecule has 1 aromatic heterocycles. The number of nitrogens with one attached hydrogen (secondary N) is 2. The van der Waals surface area contributed by atoms with Crippen molar-refractivity contribution in [1.82, 2.24) is 20.0 Å². The third-order valence-corrected chi connectivity index (χ3v) is 6.42. The van der Waals surface area contributed by atoms with E-state index in [1.807, 2.05) is 17.2 Å². The number of rotatable bonds is 7. The van der Waals surface area contributed by atoms with Gasteiger partial charge in [-0.15, -0.1) is 4.83 Å². The quantitative estimate of drug-likeness (QED) is 0.415. The summed E-state index contributed by atoms with van der Waals surface area (Å²) in [5.74, 6) is -0.896. The lowest BCUT2D eigenvalue weighted by Crippen LogP contribution is -2.42. The normalized spacial score (nSPS) is 12.1. The van der Waals surface area contributed by atoms with E-state index in [9.17, 15) is 26.4 Å². The van der Waals surface area contributed by atoms with E-state index < -0.39 is 35.7 Å². The fraction of sp³-hybridized carbons (Fsp3) is 0.167. The van der Waals surface area contributed by atoms with E-state index in [0.29, 0.717) is 6.42 Å². The predicted octanol–water partition coefficient (Wildman–Crippen LogP) is 0.0772.